The van der Waals surface area contributed by atoms with Gasteiger partial charge >= 0.3 is 0 Å². The highest BCUT2D eigenvalue weighted by molar-refractivity contribution is 5.99. The van der Waals surface area contributed by atoms with Crippen molar-refractivity contribution in [1.82, 2.24) is 10.3 Å². The lowest BCUT2D eigenvalue weighted by Crippen LogP contribution is -2.44. The van der Waals surface area contributed by atoms with Gasteiger partial charge in [0, 0.05) is 23.9 Å². The summed E-state index contributed by atoms with van der Waals surface area (Å²) in [6.07, 6.45) is 1.98. The molecule has 3 N–H and O–H groups in total. The van der Waals surface area contributed by atoms with Crippen molar-refractivity contribution < 1.29 is 14.7 Å². The largest absolute Gasteiger partial charge is 0.396 e. The van der Waals surface area contributed by atoms with Crippen molar-refractivity contribution in [1.29, 1.82) is 0 Å². The van der Waals surface area contributed by atoms with Gasteiger partial charge in [0.2, 0.25) is 0 Å². The van der Waals surface area contributed by atoms with E-state index in [1.54, 1.807) is 0 Å². The molecule has 0 aliphatic carbocycles. The number of nitrogens with one attached hydrogen (secondary N) is 2. The average Bonchev–Trinajstić information content (AvgIpc) is 2.64. The first-order valence-electron chi connectivity index (χ1n) is 5.48. The van der Waals surface area contributed by atoms with E-state index in [1.807, 2.05) is 13.8 Å². The van der Waals surface area contributed by atoms with Crippen LogP contribution in [0.4, 0.5) is 0 Å². The Bertz CT molecular complexity index is 421. The second-order valence-electron chi connectivity index (χ2n) is 4.67. The van der Waals surface area contributed by atoms with Crippen LogP contribution in [0.3, 0.4) is 0 Å². The van der Waals surface area contributed by atoms with Crippen molar-refractivity contribution >= 4 is 11.7 Å². The molecule has 0 radical (unpaired) electrons. The van der Waals surface area contributed by atoms with Crippen molar-refractivity contribution in [3.63, 3.8) is 0 Å². The summed E-state index contributed by atoms with van der Waals surface area (Å²) in [6.45, 7) is 5.11. The van der Waals surface area contributed by atoms with Crippen molar-refractivity contribution in [2.24, 2.45) is 0 Å². The summed E-state index contributed by atoms with van der Waals surface area (Å²) in [7, 11) is 0. The number of aliphatic hydroxyl groups excluding tert-OH is 1. The summed E-state index contributed by atoms with van der Waals surface area (Å²) in [5, 5.41) is 11.6. The topological polar surface area (TPSA) is 82.2 Å². The predicted molar refractivity (Wildman–Crippen MR) is 64.0 cm³/mol. The molecule has 0 fully saturated rings. The molecule has 0 spiro atoms. The zero-order chi connectivity index (χ0) is 13.1. The van der Waals surface area contributed by atoms with Crippen molar-refractivity contribution in [2.75, 3.05) is 6.61 Å². The zero-order valence-electron chi connectivity index (χ0n) is 10.3. The molecule has 5 heteroatoms. The van der Waals surface area contributed by atoms with Gasteiger partial charge in [0.25, 0.3) is 5.91 Å². The molecule has 5 nitrogen and oxygen atoms in total. The van der Waals surface area contributed by atoms with Gasteiger partial charge in [-0.25, -0.2) is 0 Å². The van der Waals surface area contributed by atoms with E-state index < -0.39 is 5.54 Å². The van der Waals surface area contributed by atoms with Gasteiger partial charge in [-0.2, -0.15) is 0 Å². The maximum Gasteiger partial charge on any atom is 0.268 e. The number of hydrogen-bond donors (Lipinski definition) is 3. The number of carbonyl (C=O) groups excluding carboxylic acids is 2. The van der Waals surface area contributed by atoms with E-state index in [4.69, 9.17) is 5.11 Å². The van der Waals surface area contributed by atoms with Crippen molar-refractivity contribution in [3.8, 4) is 0 Å². The Hall–Kier alpha value is -1.62. The lowest BCUT2D eigenvalue weighted by atomic mass is 10.0. The first-order chi connectivity index (χ1) is 7.85. The molecular formula is C12H18N2O3. The van der Waals surface area contributed by atoms with Gasteiger partial charge in [0.05, 0.1) is 0 Å². The minimum Gasteiger partial charge on any atom is -0.396 e. The molecule has 1 aromatic heterocycles. The molecule has 0 aliphatic rings. The third-order valence-corrected chi connectivity index (χ3v) is 2.52. The molecule has 1 heterocycles. The number of Topliss-reactive ketones (excluding diaryl/α,β-unsaturated/α-hetero) is 1. The van der Waals surface area contributed by atoms with Crippen LogP contribution < -0.4 is 5.32 Å². The molecule has 0 unspecified atom stereocenters. The SMILES string of the molecule is CC(=O)c1c[nH]c(C(=O)NC(C)(C)CCO)c1. The molecule has 0 aliphatic heterocycles. The maximum absolute atomic E-state index is 11.8. The number of aliphatic hydroxyl groups is 1. The zero-order valence-corrected chi connectivity index (χ0v) is 10.3. The number of amides is 1. The second-order valence-corrected chi connectivity index (χ2v) is 4.67. The monoisotopic (exact) mass is 238 g/mol. The second kappa shape index (κ2) is 5.14. The van der Waals surface area contributed by atoms with Crippen LogP contribution in [0.1, 0.15) is 48.0 Å². The highest BCUT2D eigenvalue weighted by Crippen LogP contribution is 2.10. The van der Waals surface area contributed by atoms with Gasteiger partial charge in [-0.05, 0) is 33.3 Å². The van der Waals surface area contributed by atoms with Gasteiger partial charge in [-0.3, -0.25) is 9.59 Å². The Labute approximate surface area is 100 Å². The summed E-state index contributed by atoms with van der Waals surface area (Å²) in [5.74, 6) is -0.370. The molecule has 0 atom stereocenters. The number of H-pyrrole nitrogens is 1. The van der Waals surface area contributed by atoms with Crippen LogP contribution in [0.25, 0.3) is 0 Å². The molecule has 0 aromatic carbocycles. The molecular weight excluding hydrogens is 220 g/mol. The Morgan fingerprint density at radius 1 is 1.47 bits per heavy atom. The van der Waals surface area contributed by atoms with Gasteiger partial charge in [-0.1, -0.05) is 0 Å². The van der Waals surface area contributed by atoms with Crippen LogP contribution in [0.2, 0.25) is 0 Å². The highest BCUT2D eigenvalue weighted by Gasteiger charge is 2.21. The van der Waals surface area contributed by atoms with Crippen LogP contribution in [0.15, 0.2) is 12.3 Å². The van der Waals surface area contributed by atoms with E-state index in [2.05, 4.69) is 10.3 Å². The van der Waals surface area contributed by atoms with Gasteiger partial charge in [0.15, 0.2) is 5.78 Å². The molecule has 17 heavy (non-hydrogen) atoms. The Balaban J connectivity index is 2.73. The maximum atomic E-state index is 11.8. The number of carbonyl (C=O) groups is 2. The number of ketones is 1. The summed E-state index contributed by atoms with van der Waals surface area (Å²) in [6, 6.07) is 1.52. The average molecular weight is 238 g/mol. The minimum atomic E-state index is -0.479. The van der Waals surface area contributed by atoms with Crippen LogP contribution >= 0.6 is 0 Å². The minimum absolute atomic E-state index is 0.0106. The lowest BCUT2D eigenvalue weighted by Gasteiger charge is -2.24. The molecule has 1 aromatic rings. The lowest BCUT2D eigenvalue weighted by molar-refractivity contribution is 0.0895. The van der Waals surface area contributed by atoms with Crippen LogP contribution in [-0.4, -0.2) is 33.9 Å². The molecule has 0 saturated heterocycles. The number of rotatable bonds is 5. The quantitative estimate of drug-likeness (QED) is 0.672. The van der Waals surface area contributed by atoms with E-state index in [0.29, 0.717) is 17.7 Å². The predicted octanol–water partition coefficient (Wildman–Crippen LogP) is 1.11. The highest BCUT2D eigenvalue weighted by atomic mass is 16.3. The van der Waals surface area contributed by atoms with Crippen LogP contribution in [0.5, 0.6) is 0 Å². The van der Waals surface area contributed by atoms with Gasteiger partial charge in [-0.15, -0.1) is 0 Å². The molecule has 94 valence electrons. The Kier molecular flexibility index (Phi) is 4.07. The first kappa shape index (κ1) is 13.4. The summed E-state index contributed by atoms with van der Waals surface area (Å²) >= 11 is 0. The summed E-state index contributed by atoms with van der Waals surface area (Å²) in [4.78, 5) is 25.7. The van der Waals surface area contributed by atoms with E-state index in [9.17, 15) is 9.59 Å². The summed E-state index contributed by atoms with van der Waals surface area (Å²) < 4.78 is 0. The number of hydrogen-bond acceptors (Lipinski definition) is 3. The van der Waals surface area contributed by atoms with Crippen LogP contribution in [-0.2, 0) is 0 Å². The van der Waals surface area contributed by atoms with Gasteiger partial charge in [0.1, 0.15) is 5.69 Å². The third kappa shape index (κ3) is 3.71. The van der Waals surface area contributed by atoms with E-state index in [-0.39, 0.29) is 18.3 Å². The van der Waals surface area contributed by atoms with E-state index in [0.717, 1.165) is 0 Å². The standard InChI is InChI=1S/C12H18N2O3/c1-8(16)9-6-10(13-7-9)11(17)14-12(2,3)4-5-15/h6-7,13,15H,4-5H2,1-3H3,(H,14,17). The summed E-state index contributed by atoms with van der Waals surface area (Å²) in [5.41, 5.74) is 0.351. The fraction of sp³-hybridized carbons (Fsp3) is 0.500. The molecule has 0 saturated carbocycles. The Morgan fingerprint density at radius 2 is 2.12 bits per heavy atom. The molecule has 1 rings (SSSR count). The molecule has 0 bridgehead atoms. The number of aromatic amines is 1. The Morgan fingerprint density at radius 3 is 2.59 bits per heavy atom. The van der Waals surface area contributed by atoms with Gasteiger partial charge < -0.3 is 15.4 Å². The number of aromatic nitrogens is 1. The normalized spacial score (nSPS) is 11.3. The fourth-order valence-corrected chi connectivity index (χ4v) is 1.45. The van der Waals surface area contributed by atoms with E-state index >= 15 is 0 Å². The third-order valence-electron chi connectivity index (χ3n) is 2.52. The first-order valence-corrected chi connectivity index (χ1v) is 5.48. The van der Waals surface area contributed by atoms with Crippen molar-refractivity contribution in [3.05, 3.63) is 23.5 Å². The van der Waals surface area contributed by atoms with Crippen LogP contribution in [0, 0.1) is 0 Å². The smallest absolute Gasteiger partial charge is 0.268 e. The van der Waals surface area contributed by atoms with Crippen molar-refractivity contribution in [2.45, 2.75) is 32.7 Å². The molecule has 1 amide bonds. The van der Waals surface area contributed by atoms with E-state index in [1.165, 1.54) is 19.2 Å². The fourth-order valence-electron chi connectivity index (χ4n) is 1.45.